The Hall–Kier alpha value is -2.84. The summed E-state index contributed by atoms with van der Waals surface area (Å²) < 4.78 is 27.5. The van der Waals surface area contributed by atoms with Gasteiger partial charge >= 0.3 is 0 Å². The van der Waals surface area contributed by atoms with Crippen LogP contribution in [0.2, 0.25) is 0 Å². The minimum Gasteiger partial charge on any atom is -0.298 e. The average Bonchev–Trinajstić information content (AvgIpc) is 3.19. The van der Waals surface area contributed by atoms with E-state index in [0.29, 0.717) is 22.8 Å². The predicted octanol–water partition coefficient (Wildman–Crippen LogP) is 6.88. The van der Waals surface area contributed by atoms with E-state index >= 15 is 0 Å². The van der Waals surface area contributed by atoms with Gasteiger partial charge in [0.25, 0.3) is 10.0 Å². The van der Waals surface area contributed by atoms with E-state index in [2.05, 4.69) is 18.8 Å². The van der Waals surface area contributed by atoms with Crippen molar-refractivity contribution >= 4 is 27.2 Å². The first-order valence-corrected chi connectivity index (χ1v) is 13.3. The summed E-state index contributed by atoms with van der Waals surface area (Å²) in [6.07, 6.45) is 13.1. The summed E-state index contributed by atoms with van der Waals surface area (Å²) >= 11 is 0. The Bertz CT molecular complexity index is 1240. The van der Waals surface area contributed by atoms with E-state index in [-0.39, 0.29) is 4.90 Å². The molecule has 1 aromatic heterocycles. The molecule has 2 aromatic carbocycles. The summed E-state index contributed by atoms with van der Waals surface area (Å²) in [6, 6.07) is 12.1. The fourth-order valence-corrected chi connectivity index (χ4v) is 5.31. The third kappa shape index (κ3) is 6.36. The Balaban J connectivity index is 1.70. The number of benzene rings is 2. The average molecular weight is 464 g/mol. The highest BCUT2D eigenvalue weighted by Gasteiger charge is 2.21. The first-order chi connectivity index (χ1) is 16.0. The van der Waals surface area contributed by atoms with Crippen LogP contribution < -0.4 is 0 Å². The molecule has 0 atom stereocenters. The lowest BCUT2D eigenvalue weighted by Crippen LogP contribution is -2.11. The van der Waals surface area contributed by atoms with Gasteiger partial charge in [-0.25, -0.2) is 12.4 Å². The summed E-state index contributed by atoms with van der Waals surface area (Å²) in [5.41, 5.74) is 2.59. The smallest absolute Gasteiger partial charge is 0.268 e. The first-order valence-electron chi connectivity index (χ1n) is 11.9. The van der Waals surface area contributed by atoms with Gasteiger partial charge in [-0.15, -0.1) is 0 Å². The molecule has 5 heteroatoms. The summed E-state index contributed by atoms with van der Waals surface area (Å²) in [7, 11) is -3.80. The number of nitrogens with zero attached hydrogens (tertiary/aromatic N) is 1. The number of fused-ring (bicyclic) bond motifs is 1. The number of hydrogen-bond donors (Lipinski definition) is 0. The molecule has 33 heavy (non-hydrogen) atoms. The zero-order valence-electron chi connectivity index (χ0n) is 19.6. The minimum atomic E-state index is -3.80. The summed E-state index contributed by atoms with van der Waals surface area (Å²) in [5, 5.41) is 0.597. The molecule has 1 heterocycles. The van der Waals surface area contributed by atoms with Crippen LogP contribution in [-0.2, 0) is 10.0 Å². The van der Waals surface area contributed by atoms with E-state index in [4.69, 9.17) is 0 Å². The molecule has 174 valence electrons. The molecule has 0 aliphatic heterocycles. The van der Waals surface area contributed by atoms with Gasteiger partial charge in [-0.05, 0) is 43.7 Å². The summed E-state index contributed by atoms with van der Waals surface area (Å²) in [4.78, 5) is 11.8. The van der Waals surface area contributed by atoms with Crippen LogP contribution in [0.3, 0.4) is 0 Å². The van der Waals surface area contributed by atoms with Gasteiger partial charge in [-0.2, -0.15) is 0 Å². The zero-order chi connectivity index (χ0) is 23.7. The second-order valence-corrected chi connectivity index (χ2v) is 10.4. The van der Waals surface area contributed by atoms with Crippen LogP contribution in [-0.4, -0.2) is 18.7 Å². The van der Waals surface area contributed by atoms with Crippen molar-refractivity contribution in [2.45, 2.75) is 76.5 Å². The van der Waals surface area contributed by atoms with Crippen molar-refractivity contribution < 1.29 is 13.2 Å². The molecule has 0 aliphatic carbocycles. The molecule has 3 rings (SSSR count). The maximum atomic E-state index is 13.2. The molecule has 0 amide bonds. The molecule has 0 unspecified atom stereocenters. The van der Waals surface area contributed by atoms with Crippen molar-refractivity contribution in [2.24, 2.45) is 0 Å². The lowest BCUT2D eigenvalue weighted by Gasteiger charge is -2.08. The second kappa shape index (κ2) is 11.9. The highest BCUT2D eigenvalue weighted by Crippen LogP contribution is 2.26. The van der Waals surface area contributed by atoms with Crippen molar-refractivity contribution in [2.75, 3.05) is 0 Å². The number of aryl methyl sites for hydroxylation is 1. The largest absolute Gasteiger partial charge is 0.298 e. The van der Waals surface area contributed by atoms with Crippen molar-refractivity contribution in [3.8, 4) is 11.8 Å². The Labute approximate surface area is 198 Å². The molecule has 0 N–H and O–H groups in total. The van der Waals surface area contributed by atoms with Gasteiger partial charge in [0.1, 0.15) is 0 Å². The number of rotatable bonds is 11. The maximum Gasteiger partial charge on any atom is 0.268 e. The lowest BCUT2D eigenvalue weighted by molar-refractivity contribution is 0.112. The molecular formula is C28H33NO3S. The third-order valence-electron chi connectivity index (χ3n) is 5.89. The highest BCUT2D eigenvalue weighted by atomic mass is 32.2. The molecule has 0 spiro atoms. The molecule has 0 fully saturated rings. The van der Waals surface area contributed by atoms with Crippen LogP contribution in [0.5, 0.6) is 0 Å². The quantitative estimate of drug-likeness (QED) is 0.177. The molecule has 0 aliphatic rings. The van der Waals surface area contributed by atoms with Crippen molar-refractivity contribution in [3.05, 3.63) is 65.4 Å². The minimum absolute atomic E-state index is 0.191. The summed E-state index contributed by atoms with van der Waals surface area (Å²) in [6.45, 7) is 4.14. The Morgan fingerprint density at radius 1 is 0.909 bits per heavy atom. The lowest BCUT2D eigenvalue weighted by atomic mass is 10.1. The molecular weight excluding hydrogens is 430 g/mol. The van der Waals surface area contributed by atoms with E-state index in [1.807, 2.05) is 13.0 Å². The van der Waals surface area contributed by atoms with Gasteiger partial charge in [0.15, 0.2) is 6.29 Å². The molecule has 4 nitrogen and oxygen atoms in total. The standard InChI is InChI=1S/C28H33NO3S/c1-3-4-5-6-7-8-9-10-11-12-13-24-16-19-28-27(20-24)25(22-30)21-29(28)33(31,32)26-17-14-23(2)15-18-26/h14-22H,3-11H2,1-2H3. The van der Waals surface area contributed by atoms with E-state index < -0.39 is 10.0 Å². The number of aromatic nitrogens is 1. The van der Waals surface area contributed by atoms with Gasteiger partial charge in [0, 0.05) is 29.1 Å². The Morgan fingerprint density at radius 3 is 2.24 bits per heavy atom. The van der Waals surface area contributed by atoms with Crippen LogP contribution in [0.1, 0.15) is 86.2 Å². The SMILES string of the molecule is CCCCCCCCCCC#Cc1ccc2c(c1)c(C=O)cn2S(=O)(=O)c1ccc(C)cc1. The topological polar surface area (TPSA) is 56.1 Å². The van der Waals surface area contributed by atoms with Crippen molar-refractivity contribution in [1.82, 2.24) is 3.97 Å². The van der Waals surface area contributed by atoms with Crippen molar-refractivity contribution in [1.29, 1.82) is 0 Å². The monoisotopic (exact) mass is 463 g/mol. The van der Waals surface area contributed by atoms with Gasteiger partial charge in [-0.1, -0.05) is 81.4 Å². The van der Waals surface area contributed by atoms with Crippen LogP contribution >= 0.6 is 0 Å². The number of carbonyl (C=O) groups is 1. The molecule has 0 bridgehead atoms. The highest BCUT2D eigenvalue weighted by molar-refractivity contribution is 7.90. The molecule has 0 radical (unpaired) electrons. The van der Waals surface area contributed by atoms with Crippen LogP contribution in [0, 0.1) is 18.8 Å². The van der Waals surface area contributed by atoms with Gasteiger partial charge in [0.05, 0.1) is 10.4 Å². The fraction of sp³-hybridized carbons (Fsp3) is 0.393. The predicted molar refractivity (Wildman–Crippen MR) is 135 cm³/mol. The molecule has 3 aromatic rings. The number of hydrogen-bond acceptors (Lipinski definition) is 3. The third-order valence-corrected chi connectivity index (χ3v) is 7.58. The van der Waals surface area contributed by atoms with Crippen LogP contribution in [0.4, 0.5) is 0 Å². The normalized spacial score (nSPS) is 11.3. The first kappa shape index (κ1) is 24.8. The zero-order valence-corrected chi connectivity index (χ0v) is 20.5. The van der Waals surface area contributed by atoms with E-state index in [1.165, 1.54) is 55.1 Å². The summed E-state index contributed by atoms with van der Waals surface area (Å²) in [5.74, 6) is 6.39. The van der Waals surface area contributed by atoms with E-state index in [9.17, 15) is 13.2 Å². The van der Waals surface area contributed by atoms with E-state index in [1.54, 1.807) is 36.4 Å². The van der Waals surface area contributed by atoms with Crippen molar-refractivity contribution in [3.63, 3.8) is 0 Å². The van der Waals surface area contributed by atoms with Crippen LogP contribution in [0.15, 0.2) is 53.6 Å². The number of aldehydes is 1. The molecule has 0 saturated carbocycles. The number of carbonyl (C=O) groups excluding carboxylic acids is 1. The number of unbranched alkanes of at least 4 members (excludes halogenated alkanes) is 8. The fourth-order valence-electron chi connectivity index (χ4n) is 3.93. The van der Waals surface area contributed by atoms with E-state index in [0.717, 1.165) is 24.0 Å². The van der Waals surface area contributed by atoms with Gasteiger partial charge < -0.3 is 0 Å². The second-order valence-electron chi connectivity index (χ2n) is 8.57. The molecule has 0 saturated heterocycles. The van der Waals surface area contributed by atoms with Crippen LogP contribution in [0.25, 0.3) is 10.9 Å². The maximum absolute atomic E-state index is 13.2. The van der Waals surface area contributed by atoms with Gasteiger partial charge in [-0.3, -0.25) is 4.79 Å². The Kier molecular flexibility index (Phi) is 8.91. The van der Waals surface area contributed by atoms with Gasteiger partial charge in [0.2, 0.25) is 0 Å². The Morgan fingerprint density at radius 2 is 1.58 bits per heavy atom.